The number of fused-ring (bicyclic) bond motifs is 1. The van der Waals surface area contributed by atoms with E-state index in [4.69, 9.17) is 15.1 Å². The molecular weight excluding hydrogens is 454 g/mol. The van der Waals surface area contributed by atoms with E-state index in [2.05, 4.69) is 42.1 Å². The maximum absolute atomic E-state index is 13.0. The SMILES string of the molecule is COc1cccc(/C=N/NC(=O)c2nnn(-c3nonc3N)c2CN2CCc3ccccc32)c1O. The molecule has 0 fully saturated rings. The summed E-state index contributed by atoms with van der Waals surface area (Å²) in [5.74, 6) is -0.274. The maximum Gasteiger partial charge on any atom is 0.293 e. The molecule has 0 aliphatic carbocycles. The number of ether oxygens (including phenoxy) is 1. The Bertz CT molecular complexity index is 1410. The van der Waals surface area contributed by atoms with Crippen LogP contribution in [-0.4, -0.2) is 56.2 Å². The number of hydrogen-bond donors (Lipinski definition) is 3. The van der Waals surface area contributed by atoms with Crippen LogP contribution in [0.25, 0.3) is 5.82 Å². The first-order valence-electron chi connectivity index (χ1n) is 10.6. The first kappa shape index (κ1) is 21.9. The topological polar surface area (TPSA) is 170 Å². The van der Waals surface area contributed by atoms with Crippen molar-refractivity contribution in [3.63, 3.8) is 0 Å². The maximum atomic E-state index is 13.0. The highest BCUT2D eigenvalue weighted by Crippen LogP contribution is 2.30. The number of carbonyl (C=O) groups excluding carboxylic acids is 1. The van der Waals surface area contributed by atoms with Crippen LogP contribution in [0.5, 0.6) is 11.5 Å². The summed E-state index contributed by atoms with van der Waals surface area (Å²) in [6, 6.07) is 13.0. The molecule has 1 aliphatic rings. The quantitative estimate of drug-likeness (QED) is 0.261. The molecule has 0 atom stereocenters. The lowest BCUT2D eigenvalue weighted by Crippen LogP contribution is -2.26. The van der Waals surface area contributed by atoms with Gasteiger partial charge in [0.25, 0.3) is 5.91 Å². The number of aromatic nitrogens is 5. The molecule has 4 aromatic rings. The molecule has 0 saturated carbocycles. The number of hydrogen-bond acceptors (Lipinski definition) is 11. The van der Waals surface area contributed by atoms with Crippen LogP contribution >= 0.6 is 0 Å². The van der Waals surface area contributed by atoms with Gasteiger partial charge in [-0.25, -0.2) is 10.1 Å². The van der Waals surface area contributed by atoms with E-state index < -0.39 is 5.91 Å². The number of amides is 1. The summed E-state index contributed by atoms with van der Waals surface area (Å²) < 4.78 is 11.1. The minimum absolute atomic E-state index is 0.0106. The Hall–Kier alpha value is -4.94. The van der Waals surface area contributed by atoms with Gasteiger partial charge in [-0.05, 0) is 40.5 Å². The fourth-order valence-electron chi connectivity index (χ4n) is 3.90. The van der Waals surface area contributed by atoms with E-state index in [1.807, 2.05) is 18.2 Å². The number of phenols is 1. The summed E-state index contributed by atoms with van der Waals surface area (Å²) in [7, 11) is 1.44. The van der Waals surface area contributed by atoms with Gasteiger partial charge in [0.2, 0.25) is 11.6 Å². The van der Waals surface area contributed by atoms with Gasteiger partial charge in [0.1, 0.15) is 0 Å². The van der Waals surface area contributed by atoms with Gasteiger partial charge in [-0.1, -0.05) is 29.5 Å². The molecular formula is C22H21N9O4. The normalized spacial score (nSPS) is 12.8. The molecule has 2 aromatic heterocycles. The summed E-state index contributed by atoms with van der Waals surface area (Å²) in [5.41, 5.74) is 11.4. The van der Waals surface area contributed by atoms with Gasteiger partial charge in [0, 0.05) is 17.8 Å². The van der Waals surface area contributed by atoms with Crippen molar-refractivity contribution in [2.24, 2.45) is 5.10 Å². The zero-order valence-electron chi connectivity index (χ0n) is 18.6. The second-order valence-electron chi connectivity index (χ2n) is 7.67. The average molecular weight is 475 g/mol. The molecule has 13 heteroatoms. The lowest BCUT2D eigenvalue weighted by molar-refractivity contribution is 0.0949. The van der Waals surface area contributed by atoms with Gasteiger partial charge in [-0.2, -0.15) is 9.78 Å². The number of methoxy groups -OCH3 is 1. The molecule has 3 heterocycles. The largest absolute Gasteiger partial charge is 0.504 e. The van der Waals surface area contributed by atoms with Gasteiger partial charge in [-0.15, -0.1) is 5.10 Å². The molecule has 5 rings (SSSR count). The second-order valence-corrected chi connectivity index (χ2v) is 7.67. The highest BCUT2D eigenvalue weighted by atomic mass is 16.6. The van der Waals surface area contributed by atoms with Crippen LogP contribution in [0, 0.1) is 0 Å². The van der Waals surface area contributed by atoms with Crippen molar-refractivity contribution in [1.29, 1.82) is 0 Å². The summed E-state index contributed by atoms with van der Waals surface area (Å²) >= 11 is 0. The first-order chi connectivity index (χ1) is 17.1. The molecule has 0 radical (unpaired) electrons. The number of rotatable bonds is 7. The van der Waals surface area contributed by atoms with Crippen molar-refractivity contribution in [3.8, 4) is 17.3 Å². The number of hydrazone groups is 1. The van der Waals surface area contributed by atoms with E-state index in [0.29, 0.717) is 17.8 Å². The molecule has 0 spiro atoms. The Morgan fingerprint density at radius 1 is 1.29 bits per heavy atom. The number of nitrogens with one attached hydrogen (secondary N) is 1. The zero-order chi connectivity index (χ0) is 24.4. The highest BCUT2D eigenvalue weighted by Gasteiger charge is 2.28. The number of nitrogen functional groups attached to an aromatic ring is 1. The van der Waals surface area contributed by atoms with Gasteiger partial charge >= 0.3 is 0 Å². The molecule has 0 unspecified atom stereocenters. The van der Waals surface area contributed by atoms with Gasteiger partial charge in [0.15, 0.2) is 17.2 Å². The summed E-state index contributed by atoms with van der Waals surface area (Å²) in [6.07, 6.45) is 2.18. The number of carbonyl (C=O) groups is 1. The van der Waals surface area contributed by atoms with Crippen LogP contribution in [0.3, 0.4) is 0 Å². The Morgan fingerprint density at radius 3 is 2.94 bits per heavy atom. The molecule has 1 amide bonds. The average Bonchev–Trinajstić information content (AvgIpc) is 3.59. The number of para-hydroxylation sites is 2. The summed E-state index contributed by atoms with van der Waals surface area (Å²) in [5, 5.41) is 29.7. The zero-order valence-corrected chi connectivity index (χ0v) is 18.6. The Kier molecular flexibility index (Phi) is 5.71. The van der Waals surface area contributed by atoms with Crippen LogP contribution < -0.4 is 20.8 Å². The van der Waals surface area contributed by atoms with E-state index in [9.17, 15) is 9.90 Å². The third-order valence-electron chi connectivity index (χ3n) is 5.62. The molecule has 35 heavy (non-hydrogen) atoms. The third kappa shape index (κ3) is 4.10. The standard InChI is InChI=1S/C22H21N9O4/c1-34-17-8-4-6-14(19(17)32)11-24-26-22(33)18-16(31(29-25-18)21-20(23)27-35-28-21)12-30-10-9-13-5-2-3-7-15(13)30/h2-8,11,32H,9-10,12H2,1H3,(H2,23,27)(H,26,33)/b24-11+. The summed E-state index contributed by atoms with van der Waals surface area (Å²) in [4.78, 5) is 15.1. The minimum atomic E-state index is -0.604. The van der Waals surface area contributed by atoms with Crippen LogP contribution in [0.4, 0.5) is 11.5 Å². The van der Waals surface area contributed by atoms with Crippen molar-refractivity contribution in [3.05, 3.63) is 65.0 Å². The second kappa shape index (κ2) is 9.13. The molecule has 4 N–H and O–H groups in total. The molecule has 13 nitrogen and oxygen atoms in total. The molecule has 178 valence electrons. The van der Waals surface area contributed by atoms with Crippen LogP contribution in [-0.2, 0) is 13.0 Å². The number of nitrogens with two attached hydrogens (primary N) is 1. The van der Waals surface area contributed by atoms with Crippen LogP contribution in [0.15, 0.2) is 52.2 Å². The summed E-state index contributed by atoms with van der Waals surface area (Å²) in [6.45, 7) is 1.06. The van der Waals surface area contributed by atoms with E-state index >= 15 is 0 Å². The smallest absolute Gasteiger partial charge is 0.293 e. The lowest BCUT2D eigenvalue weighted by atomic mass is 10.2. The third-order valence-corrected chi connectivity index (χ3v) is 5.62. The molecule has 2 aromatic carbocycles. The van der Waals surface area contributed by atoms with Crippen molar-refractivity contribution in [2.45, 2.75) is 13.0 Å². The Balaban J connectivity index is 1.43. The van der Waals surface area contributed by atoms with Gasteiger partial charge in [-0.3, -0.25) is 4.79 Å². The van der Waals surface area contributed by atoms with Gasteiger partial charge < -0.3 is 20.5 Å². The number of benzene rings is 2. The number of anilines is 2. The minimum Gasteiger partial charge on any atom is -0.504 e. The van der Waals surface area contributed by atoms with Crippen LogP contribution in [0.1, 0.15) is 27.3 Å². The fourth-order valence-corrected chi connectivity index (χ4v) is 3.90. The van der Waals surface area contributed by atoms with Crippen molar-refractivity contribution >= 4 is 23.6 Å². The number of nitrogens with zero attached hydrogens (tertiary/aromatic N) is 7. The van der Waals surface area contributed by atoms with E-state index in [-0.39, 0.29) is 28.8 Å². The predicted molar refractivity (Wildman–Crippen MR) is 125 cm³/mol. The fraction of sp³-hybridized carbons (Fsp3) is 0.182. The van der Waals surface area contributed by atoms with Crippen molar-refractivity contribution in [2.75, 3.05) is 24.3 Å². The molecule has 0 saturated heterocycles. The monoisotopic (exact) mass is 475 g/mol. The van der Waals surface area contributed by atoms with Crippen LogP contribution in [0.2, 0.25) is 0 Å². The van der Waals surface area contributed by atoms with Gasteiger partial charge in [0.05, 0.1) is 25.6 Å². The molecule has 0 bridgehead atoms. The number of phenolic OH excluding ortho intramolecular Hbond substituents is 1. The van der Waals surface area contributed by atoms with Crippen molar-refractivity contribution in [1.82, 2.24) is 30.7 Å². The number of aromatic hydroxyl groups is 1. The predicted octanol–water partition coefficient (Wildman–Crippen LogP) is 1.27. The Morgan fingerprint density at radius 2 is 2.14 bits per heavy atom. The highest BCUT2D eigenvalue weighted by molar-refractivity contribution is 5.94. The van der Waals surface area contributed by atoms with E-state index in [0.717, 1.165) is 18.7 Å². The van der Waals surface area contributed by atoms with E-state index in [1.165, 1.54) is 23.6 Å². The Labute approximate surface area is 198 Å². The first-order valence-corrected chi connectivity index (χ1v) is 10.6. The lowest BCUT2D eigenvalue weighted by Gasteiger charge is -2.19. The molecule has 1 aliphatic heterocycles. The van der Waals surface area contributed by atoms with Crippen molar-refractivity contribution < 1.29 is 19.3 Å². The van der Waals surface area contributed by atoms with E-state index in [1.54, 1.807) is 18.2 Å².